The zero-order valence-electron chi connectivity index (χ0n) is 13.8. The molecule has 1 aliphatic heterocycles. The second-order valence-electron chi connectivity index (χ2n) is 5.82. The highest BCUT2D eigenvalue weighted by Gasteiger charge is 2.15. The predicted molar refractivity (Wildman–Crippen MR) is 101 cm³/mol. The molecule has 25 heavy (non-hydrogen) atoms. The van der Waals surface area contributed by atoms with E-state index in [1.54, 1.807) is 18.2 Å². The van der Waals surface area contributed by atoms with Crippen LogP contribution in [0.2, 0.25) is 10.0 Å². The molecular weight excluding hydrogens is 361 g/mol. The van der Waals surface area contributed by atoms with Gasteiger partial charge in [0.2, 0.25) is 0 Å². The van der Waals surface area contributed by atoms with Crippen molar-refractivity contribution < 1.29 is 14.2 Å². The normalized spacial score (nSPS) is 16.6. The number of rotatable bonds is 8. The Morgan fingerprint density at radius 1 is 1.08 bits per heavy atom. The monoisotopic (exact) mass is 381 g/mol. The molecule has 4 nitrogen and oxygen atoms in total. The molecule has 0 radical (unpaired) electrons. The molecule has 0 unspecified atom stereocenters. The maximum absolute atomic E-state index is 6.07. The topological polar surface area (TPSA) is 39.7 Å². The van der Waals surface area contributed by atoms with Crippen LogP contribution in [-0.4, -0.2) is 32.5 Å². The van der Waals surface area contributed by atoms with E-state index in [0.717, 1.165) is 30.9 Å². The highest BCUT2D eigenvalue weighted by Crippen LogP contribution is 2.27. The van der Waals surface area contributed by atoms with Gasteiger partial charge in [-0.15, -0.1) is 0 Å². The number of ether oxygens (including phenoxy) is 3. The summed E-state index contributed by atoms with van der Waals surface area (Å²) >= 11 is 11.9. The summed E-state index contributed by atoms with van der Waals surface area (Å²) in [7, 11) is 0. The number of anilines is 1. The van der Waals surface area contributed by atoms with Crippen LogP contribution in [0, 0.1) is 0 Å². The van der Waals surface area contributed by atoms with Gasteiger partial charge in [0, 0.05) is 23.9 Å². The van der Waals surface area contributed by atoms with Crippen molar-refractivity contribution in [1.29, 1.82) is 0 Å². The molecule has 1 fully saturated rings. The summed E-state index contributed by atoms with van der Waals surface area (Å²) in [6.07, 6.45) is 2.44. The van der Waals surface area contributed by atoms with E-state index in [4.69, 9.17) is 37.4 Å². The Morgan fingerprint density at radius 3 is 2.64 bits per heavy atom. The standard InChI is InChI=1S/C19H21Cl2NO3/c20-14-3-8-19(18(21)12-14)24-11-9-22-15-4-6-16(7-5-15)25-13-17-2-1-10-23-17/h3-8,12,17,22H,1-2,9-11,13H2/t17-/m0/s1. The van der Waals surface area contributed by atoms with Crippen LogP contribution in [0.4, 0.5) is 5.69 Å². The highest BCUT2D eigenvalue weighted by atomic mass is 35.5. The van der Waals surface area contributed by atoms with E-state index in [9.17, 15) is 0 Å². The lowest BCUT2D eigenvalue weighted by Crippen LogP contribution is -2.16. The molecule has 1 aliphatic rings. The molecule has 2 aromatic carbocycles. The summed E-state index contributed by atoms with van der Waals surface area (Å²) in [5, 5.41) is 4.40. The quantitative estimate of drug-likeness (QED) is 0.650. The van der Waals surface area contributed by atoms with E-state index in [-0.39, 0.29) is 6.10 Å². The van der Waals surface area contributed by atoms with Gasteiger partial charge in [-0.3, -0.25) is 0 Å². The summed E-state index contributed by atoms with van der Waals surface area (Å²) < 4.78 is 16.9. The van der Waals surface area contributed by atoms with Crippen LogP contribution in [0.25, 0.3) is 0 Å². The van der Waals surface area contributed by atoms with Gasteiger partial charge in [0.25, 0.3) is 0 Å². The Bertz CT molecular complexity index is 673. The first-order valence-corrected chi connectivity index (χ1v) is 9.12. The maximum Gasteiger partial charge on any atom is 0.138 e. The van der Waals surface area contributed by atoms with Crippen LogP contribution in [0.3, 0.4) is 0 Å². The highest BCUT2D eigenvalue weighted by molar-refractivity contribution is 6.35. The Labute approximate surface area is 158 Å². The van der Waals surface area contributed by atoms with Gasteiger partial charge in [0.15, 0.2) is 0 Å². The van der Waals surface area contributed by atoms with Gasteiger partial charge in [-0.1, -0.05) is 23.2 Å². The third kappa shape index (κ3) is 5.70. The summed E-state index contributed by atoms with van der Waals surface area (Å²) in [6.45, 7) is 2.62. The molecule has 134 valence electrons. The second-order valence-corrected chi connectivity index (χ2v) is 6.66. The molecule has 3 rings (SSSR count). The van der Waals surface area contributed by atoms with Crippen LogP contribution in [-0.2, 0) is 4.74 Å². The molecule has 2 aromatic rings. The SMILES string of the molecule is Clc1ccc(OCCNc2ccc(OC[C@@H]3CCCO3)cc2)c(Cl)c1. The smallest absolute Gasteiger partial charge is 0.138 e. The third-order valence-electron chi connectivity index (χ3n) is 3.90. The average molecular weight is 382 g/mol. The minimum Gasteiger partial charge on any atom is -0.491 e. The van der Waals surface area contributed by atoms with Crippen molar-refractivity contribution in [3.8, 4) is 11.5 Å². The van der Waals surface area contributed by atoms with E-state index in [1.807, 2.05) is 24.3 Å². The van der Waals surface area contributed by atoms with Crippen molar-refractivity contribution in [2.24, 2.45) is 0 Å². The summed E-state index contributed by atoms with van der Waals surface area (Å²) in [5.74, 6) is 1.48. The molecule has 0 aliphatic carbocycles. The van der Waals surface area contributed by atoms with E-state index in [1.165, 1.54) is 0 Å². The first-order valence-electron chi connectivity index (χ1n) is 8.37. The van der Waals surface area contributed by atoms with Crippen molar-refractivity contribution in [3.63, 3.8) is 0 Å². The molecule has 1 saturated heterocycles. The van der Waals surface area contributed by atoms with Gasteiger partial charge in [-0.25, -0.2) is 0 Å². The average Bonchev–Trinajstić information content (AvgIpc) is 3.13. The first-order chi connectivity index (χ1) is 12.2. The Morgan fingerprint density at radius 2 is 1.92 bits per heavy atom. The Balaban J connectivity index is 1.38. The summed E-state index contributed by atoms with van der Waals surface area (Å²) in [4.78, 5) is 0. The molecule has 0 bridgehead atoms. The van der Waals surface area contributed by atoms with E-state index in [2.05, 4.69) is 5.32 Å². The fourth-order valence-corrected chi connectivity index (χ4v) is 3.05. The minimum absolute atomic E-state index is 0.231. The summed E-state index contributed by atoms with van der Waals surface area (Å²) in [5.41, 5.74) is 1.01. The van der Waals surface area contributed by atoms with E-state index in [0.29, 0.717) is 35.6 Å². The Hall–Kier alpha value is -1.62. The van der Waals surface area contributed by atoms with E-state index < -0.39 is 0 Å². The minimum atomic E-state index is 0.231. The molecular formula is C19H21Cl2NO3. The molecule has 1 heterocycles. The van der Waals surface area contributed by atoms with Gasteiger partial charge in [0.1, 0.15) is 24.7 Å². The number of hydrogen-bond donors (Lipinski definition) is 1. The van der Waals surface area contributed by atoms with Gasteiger partial charge < -0.3 is 19.5 Å². The molecule has 6 heteroatoms. The fourth-order valence-electron chi connectivity index (χ4n) is 2.58. The van der Waals surface area contributed by atoms with Crippen molar-refractivity contribution >= 4 is 28.9 Å². The fraction of sp³-hybridized carbons (Fsp3) is 0.368. The van der Waals surface area contributed by atoms with Gasteiger partial charge in [-0.2, -0.15) is 0 Å². The number of nitrogens with one attached hydrogen (secondary N) is 1. The van der Waals surface area contributed by atoms with Crippen molar-refractivity contribution in [3.05, 3.63) is 52.5 Å². The van der Waals surface area contributed by atoms with E-state index >= 15 is 0 Å². The van der Waals surface area contributed by atoms with Gasteiger partial charge in [0.05, 0.1) is 11.1 Å². The predicted octanol–water partition coefficient (Wildman–Crippen LogP) is 5.04. The lowest BCUT2D eigenvalue weighted by atomic mass is 10.2. The maximum atomic E-state index is 6.07. The van der Waals surface area contributed by atoms with Crippen molar-refractivity contribution in [1.82, 2.24) is 0 Å². The number of benzene rings is 2. The van der Waals surface area contributed by atoms with Crippen LogP contribution < -0.4 is 14.8 Å². The van der Waals surface area contributed by atoms with Crippen molar-refractivity contribution in [2.75, 3.05) is 31.7 Å². The largest absolute Gasteiger partial charge is 0.491 e. The molecule has 1 N–H and O–H groups in total. The lowest BCUT2D eigenvalue weighted by molar-refractivity contribution is 0.0679. The molecule has 0 aromatic heterocycles. The van der Waals surface area contributed by atoms with Crippen LogP contribution in [0.15, 0.2) is 42.5 Å². The zero-order valence-corrected chi connectivity index (χ0v) is 15.4. The molecule has 0 spiro atoms. The molecule has 0 saturated carbocycles. The van der Waals surface area contributed by atoms with Crippen LogP contribution in [0.1, 0.15) is 12.8 Å². The van der Waals surface area contributed by atoms with Crippen LogP contribution >= 0.6 is 23.2 Å². The second kappa shape index (κ2) is 9.18. The van der Waals surface area contributed by atoms with Crippen molar-refractivity contribution in [2.45, 2.75) is 18.9 Å². The molecule has 0 amide bonds. The molecule has 1 atom stereocenters. The Kier molecular flexibility index (Phi) is 6.68. The van der Waals surface area contributed by atoms with Gasteiger partial charge in [-0.05, 0) is 55.3 Å². The summed E-state index contributed by atoms with van der Waals surface area (Å²) in [6, 6.07) is 13.1. The third-order valence-corrected chi connectivity index (χ3v) is 4.43. The zero-order chi connectivity index (χ0) is 17.5. The number of hydrogen-bond acceptors (Lipinski definition) is 4. The number of halogens is 2. The lowest BCUT2D eigenvalue weighted by Gasteiger charge is -2.12. The van der Waals surface area contributed by atoms with Crippen LogP contribution in [0.5, 0.6) is 11.5 Å². The first kappa shape index (κ1) is 18.2. The van der Waals surface area contributed by atoms with Gasteiger partial charge >= 0.3 is 0 Å².